The second-order valence-electron chi connectivity index (χ2n) is 3.63. The first-order chi connectivity index (χ1) is 7.95. The molecule has 0 atom stereocenters. The fourth-order valence-electron chi connectivity index (χ4n) is 1.37. The first-order valence-corrected chi connectivity index (χ1v) is 5.29. The van der Waals surface area contributed by atoms with Crippen LogP contribution in [0.1, 0.15) is 51.8 Å². The summed E-state index contributed by atoms with van der Waals surface area (Å²) in [7, 11) is 0. The predicted octanol–water partition coefficient (Wildman–Crippen LogP) is 2.27. The lowest BCUT2D eigenvalue weighted by Crippen LogP contribution is -2.08. The maximum atomic E-state index is 11.5. The minimum Gasteiger partial charge on any atom is -0.462 e. The lowest BCUT2D eigenvalue weighted by atomic mass is 10.0. The molecule has 0 aliphatic carbocycles. The molecule has 90 valence electrons. The summed E-state index contributed by atoms with van der Waals surface area (Å²) < 4.78 is 4.84. The van der Waals surface area contributed by atoms with Gasteiger partial charge in [0.05, 0.1) is 12.2 Å². The Bertz CT molecular complexity index is 442. The van der Waals surface area contributed by atoms with Gasteiger partial charge in [0.2, 0.25) is 0 Å². The molecule has 0 radical (unpaired) electrons. The number of ketones is 2. The van der Waals surface area contributed by atoms with Gasteiger partial charge in [-0.05, 0) is 39.0 Å². The van der Waals surface area contributed by atoms with E-state index >= 15 is 0 Å². The van der Waals surface area contributed by atoms with E-state index in [-0.39, 0.29) is 23.7 Å². The highest BCUT2D eigenvalue weighted by Gasteiger charge is 2.13. The van der Waals surface area contributed by atoms with E-state index in [0.717, 1.165) is 0 Å². The van der Waals surface area contributed by atoms with Crippen LogP contribution in [0.5, 0.6) is 0 Å². The molecule has 0 unspecified atom stereocenters. The molecule has 0 fully saturated rings. The van der Waals surface area contributed by atoms with Gasteiger partial charge in [-0.1, -0.05) is 0 Å². The van der Waals surface area contributed by atoms with Crippen molar-refractivity contribution in [2.75, 3.05) is 6.61 Å². The van der Waals surface area contributed by atoms with Crippen LogP contribution in [0.2, 0.25) is 0 Å². The summed E-state index contributed by atoms with van der Waals surface area (Å²) in [5.41, 5.74) is 0.895. The standard InChI is InChI=1S/C13H14O4/c1-4-17-13(16)12-6-10(8(2)14)5-11(7-12)9(3)15/h5-7H,4H2,1-3H3. The SMILES string of the molecule is CCOC(=O)c1cc(C(C)=O)cc(C(C)=O)c1. The van der Waals surface area contributed by atoms with E-state index in [1.165, 1.54) is 32.0 Å². The molecule has 4 nitrogen and oxygen atoms in total. The number of rotatable bonds is 4. The summed E-state index contributed by atoms with van der Waals surface area (Å²) in [5.74, 6) is -0.921. The van der Waals surface area contributed by atoms with Crippen molar-refractivity contribution in [2.45, 2.75) is 20.8 Å². The molecule has 0 aliphatic rings. The van der Waals surface area contributed by atoms with Gasteiger partial charge in [-0.25, -0.2) is 4.79 Å². The zero-order chi connectivity index (χ0) is 13.0. The van der Waals surface area contributed by atoms with E-state index in [1.54, 1.807) is 6.92 Å². The van der Waals surface area contributed by atoms with Crippen LogP contribution in [-0.2, 0) is 4.74 Å². The first kappa shape index (κ1) is 13.1. The molecule has 0 spiro atoms. The summed E-state index contributed by atoms with van der Waals surface area (Å²) in [6, 6.07) is 4.35. The Morgan fingerprint density at radius 3 is 1.71 bits per heavy atom. The number of esters is 1. The van der Waals surface area contributed by atoms with Crippen LogP contribution in [-0.4, -0.2) is 24.1 Å². The number of carbonyl (C=O) groups excluding carboxylic acids is 3. The van der Waals surface area contributed by atoms with Gasteiger partial charge in [0, 0.05) is 11.1 Å². The Hall–Kier alpha value is -1.97. The average Bonchev–Trinajstić information content (AvgIpc) is 2.28. The molecule has 0 heterocycles. The molecular weight excluding hydrogens is 220 g/mol. The zero-order valence-electron chi connectivity index (χ0n) is 10.1. The second-order valence-corrected chi connectivity index (χ2v) is 3.63. The van der Waals surface area contributed by atoms with Gasteiger partial charge in [0.25, 0.3) is 0 Å². The Labute approximate surface area is 99.6 Å². The molecule has 4 heteroatoms. The maximum Gasteiger partial charge on any atom is 0.338 e. The maximum absolute atomic E-state index is 11.5. The monoisotopic (exact) mass is 234 g/mol. The molecule has 0 amide bonds. The average molecular weight is 234 g/mol. The molecule has 0 saturated heterocycles. The molecule has 1 aromatic rings. The molecule has 17 heavy (non-hydrogen) atoms. The first-order valence-electron chi connectivity index (χ1n) is 5.29. The minimum atomic E-state index is -0.530. The Morgan fingerprint density at radius 2 is 1.35 bits per heavy atom. The van der Waals surface area contributed by atoms with Crippen LogP contribution in [0.4, 0.5) is 0 Å². The van der Waals surface area contributed by atoms with Gasteiger partial charge in [0.15, 0.2) is 11.6 Å². The summed E-state index contributed by atoms with van der Waals surface area (Å²) in [4.78, 5) is 34.1. The van der Waals surface area contributed by atoms with Crippen molar-refractivity contribution in [1.29, 1.82) is 0 Å². The molecule has 0 N–H and O–H groups in total. The largest absolute Gasteiger partial charge is 0.462 e. The van der Waals surface area contributed by atoms with E-state index in [0.29, 0.717) is 11.1 Å². The number of carbonyl (C=O) groups is 3. The smallest absolute Gasteiger partial charge is 0.338 e. The van der Waals surface area contributed by atoms with Crippen molar-refractivity contribution >= 4 is 17.5 Å². The molecule has 0 aromatic heterocycles. The van der Waals surface area contributed by atoms with E-state index in [2.05, 4.69) is 0 Å². The minimum absolute atomic E-state index is 0.196. The highest BCUT2D eigenvalue weighted by atomic mass is 16.5. The molecule has 1 rings (SSSR count). The topological polar surface area (TPSA) is 60.4 Å². The molecule has 0 aliphatic heterocycles. The Balaban J connectivity index is 3.26. The quantitative estimate of drug-likeness (QED) is 0.592. The van der Waals surface area contributed by atoms with Crippen LogP contribution in [0.3, 0.4) is 0 Å². The lowest BCUT2D eigenvalue weighted by molar-refractivity contribution is 0.0526. The molecule has 0 bridgehead atoms. The summed E-state index contributed by atoms with van der Waals surface area (Å²) in [5, 5.41) is 0. The number of hydrogen-bond donors (Lipinski definition) is 0. The van der Waals surface area contributed by atoms with Gasteiger partial charge in [0.1, 0.15) is 0 Å². The summed E-state index contributed by atoms with van der Waals surface area (Å²) in [6.45, 7) is 4.71. The third-order valence-corrected chi connectivity index (χ3v) is 2.26. The van der Waals surface area contributed by atoms with Crippen LogP contribution in [0, 0.1) is 0 Å². The van der Waals surface area contributed by atoms with Gasteiger partial charge in [-0.2, -0.15) is 0 Å². The molecule has 0 saturated carbocycles. The predicted molar refractivity (Wildman–Crippen MR) is 62.4 cm³/mol. The van der Waals surface area contributed by atoms with E-state index < -0.39 is 5.97 Å². The third-order valence-electron chi connectivity index (χ3n) is 2.26. The Kier molecular flexibility index (Phi) is 4.15. The number of Topliss-reactive ketones (excluding diaryl/α,β-unsaturated/α-hetero) is 2. The fourth-order valence-corrected chi connectivity index (χ4v) is 1.37. The van der Waals surface area contributed by atoms with Crippen molar-refractivity contribution in [1.82, 2.24) is 0 Å². The highest BCUT2D eigenvalue weighted by molar-refractivity contribution is 6.03. The second kappa shape index (κ2) is 5.39. The van der Waals surface area contributed by atoms with Crippen molar-refractivity contribution in [3.63, 3.8) is 0 Å². The summed E-state index contributed by atoms with van der Waals surface area (Å²) >= 11 is 0. The van der Waals surface area contributed by atoms with Crippen LogP contribution >= 0.6 is 0 Å². The highest BCUT2D eigenvalue weighted by Crippen LogP contribution is 2.13. The molecular formula is C13H14O4. The van der Waals surface area contributed by atoms with E-state index in [1.807, 2.05) is 0 Å². The van der Waals surface area contributed by atoms with Crippen molar-refractivity contribution in [2.24, 2.45) is 0 Å². The summed E-state index contributed by atoms with van der Waals surface area (Å²) in [6.07, 6.45) is 0. The van der Waals surface area contributed by atoms with Crippen LogP contribution in [0.25, 0.3) is 0 Å². The van der Waals surface area contributed by atoms with Crippen LogP contribution < -0.4 is 0 Å². The van der Waals surface area contributed by atoms with Crippen molar-refractivity contribution in [3.8, 4) is 0 Å². The number of hydrogen-bond acceptors (Lipinski definition) is 4. The Morgan fingerprint density at radius 1 is 0.941 bits per heavy atom. The van der Waals surface area contributed by atoms with Gasteiger partial charge in [-0.15, -0.1) is 0 Å². The van der Waals surface area contributed by atoms with Gasteiger partial charge >= 0.3 is 5.97 Å². The number of ether oxygens (including phenoxy) is 1. The van der Waals surface area contributed by atoms with Gasteiger partial charge < -0.3 is 4.74 Å². The van der Waals surface area contributed by atoms with Crippen LogP contribution in [0.15, 0.2) is 18.2 Å². The molecule has 1 aromatic carbocycles. The van der Waals surface area contributed by atoms with E-state index in [4.69, 9.17) is 4.74 Å². The fraction of sp³-hybridized carbons (Fsp3) is 0.308. The lowest BCUT2D eigenvalue weighted by Gasteiger charge is -2.06. The number of benzene rings is 1. The van der Waals surface area contributed by atoms with E-state index in [9.17, 15) is 14.4 Å². The van der Waals surface area contributed by atoms with Gasteiger partial charge in [-0.3, -0.25) is 9.59 Å². The third kappa shape index (κ3) is 3.24. The van der Waals surface area contributed by atoms with Crippen molar-refractivity contribution < 1.29 is 19.1 Å². The zero-order valence-corrected chi connectivity index (χ0v) is 10.1. The van der Waals surface area contributed by atoms with Crippen molar-refractivity contribution in [3.05, 3.63) is 34.9 Å². The normalized spacial score (nSPS) is 9.82.